The molecule has 0 spiro atoms. The first-order valence-electron chi connectivity index (χ1n) is 6.48. The van der Waals surface area contributed by atoms with Crippen molar-refractivity contribution in [1.29, 1.82) is 0 Å². The normalized spacial score (nSPS) is 33.4. The molecule has 0 aromatic heterocycles. The molecule has 0 bridgehead atoms. The van der Waals surface area contributed by atoms with Crippen molar-refractivity contribution >= 4 is 11.6 Å². The van der Waals surface area contributed by atoms with E-state index in [9.17, 15) is 4.79 Å². The van der Waals surface area contributed by atoms with Gasteiger partial charge in [0, 0.05) is 18.3 Å². The van der Waals surface area contributed by atoms with E-state index in [1.807, 2.05) is 11.0 Å². The molecule has 2 heterocycles. The lowest BCUT2D eigenvalue weighted by molar-refractivity contribution is -0.120. The van der Waals surface area contributed by atoms with Crippen molar-refractivity contribution in [2.45, 2.75) is 31.3 Å². The molecule has 0 unspecified atom stereocenters. The molecule has 3 aliphatic rings. The number of amides is 1. The summed E-state index contributed by atoms with van der Waals surface area (Å²) in [5.74, 6) is 1.06. The Morgan fingerprint density at radius 2 is 2.18 bits per heavy atom. The van der Waals surface area contributed by atoms with Crippen LogP contribution in [0.25, 0.3) is 0 Å². The van der Waals surface area contributed by atoms with Gasteiger partial charge in [0.1, 0.15) is 0 Å². The third kappa shape index (κ3) is 1.42. The Balaban J connectivity index is 1.58. The Hall–Kier alpha value is -1.35. The maximum absolute atomic E-state index is 12.4. The maximum Gasteiger partial charge on any atom is 0.244 e. The molecule has 88 valence electrons. The molecule has 2 fully saturated rings. The summed E-state index contributed by atoms with van der Waals surface area (Å²) in [6.45, 7) is 0.853. The van der Waals surface area contributed by atoms with Gasteiger partial charge in [0.15, 0.2) is 0 Å². The molecular weight excluding hydrogens is 212 g/mol. The first-order valence-corrected chi connectivity index (χ1v) is 6.48. The van der Waals surface area contributed by atoms with E-state index in [2.05, 4.69) is 23.5 Å². The van der Waals surface area contributed by atoms with Crippen molar-refractivity contribution in [2.24, 2.45) is 5.92 Å². The third-order valence-electron chi connectivity index (χ3n) is 4.33. The first-order chi connectivity index (χ1) is 8.33. The van der Waals surface area contributed by atoms with Gasteiger partial charge in [0.25, 0.3) is 0 Å². The molecule has 1 aromatic rings. The molecule has 4 rings (SSSR count). The number of rotatable bonds is 1. The lowest BCUT2D eigenvalue weighted by Gasteiger charge is -2.22. The molecule has 3 heteroatoms. The topological polar surface area (TPSA) is 32.3 Å². The number of piperidine rings is 1. The van der Waals surface area contributed by atoms with E-state index in [1.165, 1.54) is 12.0 Å². The van der Waals surface area contributed by atoms with Crippen molar-refractivity contribution in [3.8, 4) is 0 Å². The van der Waals surface area contributed by atoms with Gasteiger partial charge in [-0.2, -0.15) is 0 Å². The Kier molecular flexibility index (Phi) is 1.89. The van der Waals surface area contributed by atoms with Gasteiger partial charge in [-0.05, 0) is 36.8 Å². The van der Waals surface area contributed by atoms with E-state index >= 15 is 0 Å². The smallest absolute Gasteiger partial charge is 0.244 e. The molecule has 1 aromatic carbocycles. The second-order valence-electron chi connectivity index (χ2n) is 5.43. The van der Waals surface area contributed by atoms with E-state index in [1.54, 1.807) is 0 Å². The summed E-state index contributed by atoms with van der Waals surface area (Å²) < 4.78 is 0. The van der Waals surface area contributed by atoms with E-state index in [0.717, 1.165) is 31.0 Å². The van der Waals surface area contributed by atoms with Gasteiger partial charge in [0.05, 0.1) is 6.04 Å². The number of nitrogens with zero attached hydrogens (tertiary/aromatic N) is 1. The van der Waals surface area contributed by atoms with Crippen LogP contribution >= 0.6 is 0 Å². The average Bonchev–Trinajstić information content (AvgIpc) is 2.80. The Morgan fingerprint density at radius 1 is 1.29 bits per heavy atom. The van der Waals surface area contributed by atoms with Crippen molar-refractivity contribution in [3.63, 3.8) is 0 Å². The molecule has 1 saturated heterocycles. The number of anilines is 1. The van der Waals surface area contributed by atoms with Crippen molar-refractivity contribution in [1.82, 2.24) is 5.32 Å². The molecule has 1 saturated carbocycles. The number of fused-ring (bicyclic) bond motifs is 2. The second kappa shape index (κ2) is 3.33. The lowest BCUT2D eigenvalue weighted by Crippen LogP contribution is -2.44. The minimum absolute atomic E-state index is 0.0740. The quantitative estimate of drug-likeness (QED) is 0.786. The van der Waals surface area contributed by atoms with Gasteiger partial charge in [-0.25, -0.2) is 0 Å². The summed E-state index contributed by atoms with van der Waals surface area (Å²) in [5.41, 5.74) is 2.43. The summed E-state index contributed by atoms with van der Waals surface area (Å²) >= 11 is 0. The van der Waals surface area contributed by atoms with E-state index in [-0.39, 0.29) is 11.9 Å². The van der Waals surface area contributed by atoms with Crippen molar-refractivity contribution in [2.75, 3.05) is 11.4 Å². The molecular formula is C14H16N2O. The highest BCUT2D eigenvalue weighted by Crippen LogP contribution is 2.41. The van der Waals surface area contributed by atoms with Crippen LogP contribution in [0.3, 0.4) is 0 Å². The largest absolute Gasteiger partial charge is 0.310 e. The van der Waals surface area contributed by atoms with Gasteiger partial charge >= 0.3 is 0 Å². The molecule has 3 atom stereocenters. The number of hydrogen-bond acceptors (Lipinski definition) is 2. The third-order valence-corrected chi connectivity index (χ3v) is 4.33. The Bertz CT molecular complexity index is 475. The van der Waals surface area contributed by atoms with Crippen LogP contribution in [0.5, 0.6) is 0 Å². The van der Waals surface area contributed by atoms with Crippen LogP contribution in [0.1, 0.15) is 18.4 Å². The summed E-state index contributed by atoms with van der Waals surface area (Å²) in [4.78, 5) is 14.4. The van der Waals surface area contributed by atoms with Crippen LogP contribution in [0.4, 0.5) is 5.69 Å². The van der Waals surface area contributed by atoms with Gasteiger partial charge in [-0.15, -0.1) is 0 Å². The van der Waals surface area contributed by atoms with E-state index in [4.69, 9.17) is 0 Å². The predicted molar refractivity (Wildman–Crippen MR) is 65.9 cm³/mol. The van der Waals surface area contributed by atoms with Crippen LogP contribution in [-0.2, 0) is 11.2 Å². The van der Waals surface area contributed by atoms with Crippen LogP contribution < -0.4 is 10.2 Å². The number of hydrogen-bond donors (Lipinski definition) is 1. The zero-order valence-electron chi connectivity index (χ0n) is 9.73. The van der Waals surface area contributed by atoms with E-state index < -0.39 is 0 Å². The standard InChI is InChI=1S/C14H16N2O/c17-14(12-8-10-7-11(10)15-12)16-6-5-9-3-1-2-4-13(9)16/h1-4,10-12,15H,5-8H2/t10-,11-,12+/m1/s1. The van der Waals surface area contributed by atoms with Crippen LogP contribution in [0.15, 0.2) is 24.3 Å². The summed E-state index contributed by atoms with van der Waals surface area (Å²) in [6, 6.07) is 8.98. The average molecular weight is 228 g/mol. The lowest BCUT2D eigenvalue weighted by atomic mass is 10.1. The number of nitrogens with one attached hydrogen (secondary N) is 1. The summed E-state index contributed by atoms with van der Waals surface area (Å²) in [5, 5.41) is 3.44. The zero-order valence-corrected chi connectivity index (χ0v) is 9.73. The molecule has 17 heavy (non-hydrogen) atoms. The second-order valence-corrected chi connectivity index (χ2v) is 5.43. The zero-order chi connectivity index (χ0) is 11.4. The highest BCUT2D eigenvalue weighted by Gasteiger charge is 2.49. The molecule has 1 aliphatic carbocycles. The monoisotopic (exact) mass is 228 g/mol. The molecule has 1 N–H and O–H groups in total. The van der Waals surface area contributed by atoms with Crippen molar-refractivity contribution < 1.29 is 4.79 Å². The Morgan fingerprint density at radius 3 is 3.00 bits per heavy atom. The minimum Gasteiger partial charge on any atom is -0.310 e. The number of carbonyl (C=O) groups excluding carboxylic acids is 1. The molecule has 0 radical (unpaired) electrons. The molecule has 3 nitrogen and oxygen atoms in total. The number of benzene rings is 1. The number of carbonyl (C=O) groups is 1. The van der Waals surface area contributed by atoms with Crippen molar-refractivity contribution in [3.05, 3.63) is 29.8 Å². The maximum atomic E-state index is 12.4. The van der Waals surface area contributed by atoms with Gasteiger partial charge < -0.3 is 10.2 Å². The highest BCUT2D eigenvalue weighted by atomic mass is 16.2. The number of para-hydroxylation sites is 1. The van der Waals surface area contributed by atoms with Crippen LogP contribution in [0.2, 0.25) is 0 Å². The Labute approximate surface area is 101 Å². The molecule has 1 amide bonds. The fraction of sp³-hybridized carbons (Fsp3) is 0.500. The molecule has 2 aliphatic heterocycles. The van der Waals surface area contributed by atoms with Gasteiger partial charge in [-0.1, -0.05) is 18.2 Å². The van der Waals surface area contributed by atoms with Gasteiger partial charge in [-0.3, -0.25) is 4.79 Å². The highest BCUT2D eigenvalue weighted by molar-refractivity contribution is 5.99. The SMILES string of the molecule is O=C([C@@H]1C[C@H]2C[C@H]2N1)N1CCc2ccccc21. The first kappa shape index (κ1) is 9.66. The summed E-state index contributed by atoms with van der Waals surface area (Å²) in [7, 11) is 0. The van der Waals surface area contributed by atoms with Crippen LogP contribution in [-0.4, -0.2) is 24.5 Å². The minimum atomic E-state index is 0.0740. The summed E-state index contributed by atoms with van der Waals surface area (Å²) in [6.07, 6.45) is 3.32. The fourth-order valence-electron chi connectivity index (χ4n) is 3.27. The van der Waals surface area contributed by atoms with E-state index in [0.29, 0.717) is 6.04 Å². The fourth-order valence-corrected chi connectivity index (χ4v) is 3.27. The van der Waals surface area contributed by atoms with Gasteiger partial charge in [0.2, 0.25) is 5.91 Å². The van der Waals surface area contributed by atoms with Crippen LogP contribution in [0, 0.1) is 5.92 Å². The predicted octanol–water partition coefficient (Wildman–Crippen LogP) is 1.33.